The van der Waals surface area contributed by atoms with Gasteiger partial charge in [-0.15, -0.1) is 0 Å². The molecule has 0 atom stereocenters. The molecule has 1 fully saturated rings. The molecule has 0 radical (unpaired) electrons. The number of anilines is 1. The molecule has 2 N–H and O–H groups in total. The minimum atomic E-state index is -3.72. The molecule has 0 bridgehead atoms. The zero-order chi connectivity index (χ0) is 15.6. The monoisotopic (exact) mass is 314 g/mol. The van der Waals surface area contributed by atoms with E-state index in [1.807, 2.05) is 0 Å². The Labute approximate surface area is 123 Å². The number of piperidine rings is 1. The van der Waals surface area contributed by atoms with Crippen LogP contribution in [0.4, 0.5) is 5.69 Å². The van der Waals surface area contributed by atoms with Crippen molar-refractivity contribution in [3.05, 3.63) is 24.3 Å². The molecule has 1 aliphatic rings. The molecule has 0 aromatic heterocycles. The molecular weight excluding hydrogens is 296 g/mol. The lowest BCUT2D eigenvalue weighted by atomic mass is 9.99. The van der Waals surface area contributed by atoms with Crippen LogP contribution >= 0.6 is 0 Å². The molecule has 8 heteroatoms. The second-order valence-corrected chi connectivity index (χ2v) is 6.97. The molecule has 116 valence electrons. The van der Waals surface area contributed by atoms with Gasteiger partial charge >= 0.3 is 16.2 Å². The third-order valence-corrected chi connectivity index (χ3v) is 5.59. The molecule has 7 nitrogen and oxygen atoms in total. The van der Waals surface area contributed by atoms with Gasteiger partial charge in [-0.05, 0) is 25.0 Å². The maximum absolute atomic E-state index is 12.5. The molecule has 1 aromatic rings. The molecule has 21 heavy (non-hydrogen) atoms. The number of hydrogen-bond donors (Lipinski definition) is 2. The van der Waals surface area contributed by atoms with E-state index < -0.39 is 22.1 Å². The van der Waals surface area contributed by atoms with Gasteiger partial charge in [-0.1, -0.05) is 6.07 Å². The van der Waals surface area contributed by atoms with Gasteiger partial charge in [-0.2, -0.15) is 12.7 Å². The molecule has 0 unspecified atom stereocenters. The van der Waals surface area contributed by atoms with Crippen molar-refractivity contribution in [1.29, 1.82) is 0 Å². The van der Waals surface area contributed by atoms with Crippen LogP contribution in [-0.4, -0.2) is 49.0 Å². The summed E-state index contributed by atoms with van der Waals surface area (Å²) < 4.78 is 27.4. The highest BCUT2D eigenvalue weighted by molar-refractivity contribution is 7.90. The lowest BCUT2D eigenvalue weighted by Gasteiger charge is -2.33. The maximum Gasteiger partial charge on any atom is 0.306 e. The Hall–Kier alpha value is -1.80. The Morgan fingerprint density at radius 2 is 1.95 bits per heavy atom. The summed E-state index contributed by atoms with van der Waals surface area (Å²) in [5, 5.41) is 18.4. The van der Waals surface area contributed by atoms with Crippen molar-refractivity contribution in [3.8, 4) is 5.75 Å². The lowest BCUT2D eigenvalue weighted by Crippen LogP contribution is -2.46. The number of carbonyl (C=O) groups is 1. The van der Waals surface area contributed by atoms with Gasteiger partial charge in [0.05, 0.1) is 11.6 Å². The SMILES string of the molecule is CN(c1cccc(O)c1)S(=O)(=O)N1CCC(C(=O)O)CC1. The van der Waals surface area contributed by atoms with Crippen LogP contribution in [0.2, 0.25) is 0 Å². The van der Waals surface area contributed by atoms with Crippen molar-refractivity contribution in [3.63, 3.8) is 0 Å². The van der Waals surface area contributed by atoms with Crippen molar-refractivity contribution in [2.75, 3.05) is 24.4 Å². The third-order valence-electron chi connectivity index (χ3n) is 3.67. The Balaban J connectivity index is 2.13. The number of hydrogen-bond acceptors (Lipinski definition) is 4. The first-order chi connectivity index (χ1) is 9.82. The summed E-state index contributed by atoms with van der Waals surface area (Å²) in [6, 6.07) is 5.97. The number of phenolic OH excluding ortho intramolecular Hbond substituents is 1. The summed E-state index contributed by atoms with van der Waals surface area (Å²) in [6.45, 7) is 0.366. The summed E-state index contributed by atoms with van der Waals surface area (Å²) >= 11 is 0. The minimum absolute atomic E-state index is 0.0147. The average Bonchev–Trinajstić information content (AvgIpc) is 2.46. The number of nitrogens with zero attached hydrogens (tertiary/aromatic N) is 2. The topological polar surface area (TPSA) is 98.2 Å². The van der Waals surface area contributed by atoms with Crippen LogP contribution in [0.15, 0.2) is 24.3 Å². The highest BCUT2D eigenvalue weighted by atomic mass is 32.2. The number of benzene rings is 1. The Kier molecular flexibility index (Phi) is 4.38. The standard InChI is InChI=1S/C13H18N2O5S/c1-14(11-3-2-4-12(16)9-11)21(19,20)15-7-5-10(6-8-15)13(17)18/h2-4,9-10,16H,5-8H2,1H3,(H,17,18). The molecule has 0 amide bonds. The van der Waals surface area contributed by atoms with Crippen molar-refractivity contribution in [2.45, 2.75) is 12.8 Å². The summed E-state index contributed by atoms with van der Waals surface area (Å²) in [7, 11) is -2.31. The average molecular weight is 314 g/mol. The Morgan fingerprint density at radius 1 is 1.33 bits per heavy atom. The van der Waals surface area contributed by atoms with Crippen LogP contribution in [0, 0.1) is 5.92 Å². The number of rotatable bonds is 4. The molecule has 1 aromatic carbocycles. The smallest absolute Gasteiger partial charge is 0.306 e. The van der Waals surface area contributed by atoms with Gasteiger partial charge in [0.2, 0.25) is 0 Å². The van der Waals surface area contributed by atoms with Gasteiger partial charge in [0.15, 0.2) is 0 Å². The first-order valence-electron chi connectivity index (χ1n) is 6.58. The lowest BCUT2D eigenvalue weighted by molar-refractivity contribution is -0.142. The van der Waals surface area contributed by atoms with E-state index in [2.05, 4.69) is 0 Å². The van der Waals surface area contributed by atoms with Crippen molar-refractivity contribution < 1.29 is 23.4 Å². The van der Waals surface area contributed by atoms with Crippen LogP contribution in [0.1, 0.15) is 12.8 Å². The highest BCUT2D eigenvalue weighted by Gasteiger charge is 2.33. The van der Waals surface area contributed by atoms with Crippen molar-refractivity contribution in [1.82, 2.24) is 4.31 Å². The molecular formula is C13H18N2O5S. The van der Waals surface area contributed by atoms with E-state index in [-0.39, 0.29) is 18.8 Å². The van der Waals surface area contributed by atoms with E-state index in [1.54, 1.807) is 12.1 Å². The fraction of sp³-hybridized carbons (Fsp3) is 0.462. The number of aliphatic carboxylic acids is 1. The number of phenols is 1. The van der Waals surface area contributed by atoms with Gasteiger partial charge < -0.3 is 10.2 Å². The van der Waals surface area contributed by atoms with Crippen LogP contribution in [0.5, 0.6) is 5.75 Å². The van der Waals surface area contributed by atoms with E-state index in [9.17, 15) is 18.3 Å². The largest absolute Gasteiger partial charge is 0.508 e. The third kappa shape index (κ3) is 3.27. The van der Waals surface area contributed by atoms with E-state index in [1.165, 1.54) is 23.5 Å². The van der Waals surface area contributed by atoms with Crippen molar-refractivity contribution >= 4 is 21.9 Å². The van der Waals surface area contributed by atoms with Gasteiger partial charge in [0.25, 0.3) is 0 Å². The summed E-state index contributed by atoms with van der Waals surface area (Å²) in [5.74, 6) is -1.38. The fourth-order valence-corrected chi connectivity index (χ4v) is 3.73. The van der Waals surface area contributed by atoms with Crippen LogP contribution < -0.4 is 4.31 Å². The van der Waals surface area contributed by atoms with Gasteiger partial charge in [0, 0.05) is 26.2 Å². The zero-order valence-electron chi connectivity index (χ0n) is 11.6. The van der Waals surface area contributed by atoms with Crippen LogP contribution in [0.25, 0.3) is 0 Å². The van der Waals surface area contributed by atoms with E-state index in [4.69, 9.17) is 5.11 Å². The number of carboxylic acid groups (broad SMARTS) is 1. The van der Waals surface area contributed by atoms with Gasteiger partial charge in [-0.3, -0.25) is 9.10 Å². The quantitative estimate of drug-likeness (QED) is 0.859. The van der Waals surface area contributed by atoms with E-state index in [0.717, 1.165) is 4.31 Å². The molecule has 2 rings (SSSR count). The first kappa shape index (κ1) is 15.6. The Morgan fingerprint density at radius 3 is 2.48 bits per heavy atom. The molecule has 1 saturated heterocycles. The van der Waals surface area contributed by atoms with Crippen LogP contribution in [-0.2, 0) is 15.0 Å². The van der Waals surface area contributed by atoms with Crippen LogP contribution in [0.3, 0.4) is 0 Å². The maximum atomic E-state index is 12.5. The Bertz CT molecular complexity index is 623. The summed E-state index contributed by atoms with van der Waals surface area (Å²) in [5.41, 5.74) is 0.357. The normalized spacial score (nSPS) is 17.6. The molecule has 0 saturated carbocycles. The van der Waals surface area contributed by atoms with E-state index >= 15 is 0 Å². The number of carboxylic acids is 1. The van der Waals surface area contributed by atoms with Crippen molar-refractivity contribution in [2.24, 2.45) is 5.92 Å². The molecule has 1 heterocycles. The second-order valence-electron chi connectivity index (χ2n) is 5.01. The van der Waals surface area contributed by atoms with Gasteiger partial charge in [0.1, 0.15) is 5.75 Å². The zero-order valence-corrected chi connectivity index (χ0v) is 12.5. The predicted octanol–water partition coefficient (Wildman–Crippen LogP) is 0.870. The highest BCUT2D eigenvalue weighted by Crippen LogP contribution is 2.26. The molecule has 0 spiro atoms. The fourth-order valence-electron chi connectivity index (χ4n) is 2.33. The van der Waals surface area contributed by atoms with E-state index in [0.29, 0.717) is 18.5 Å². The first-order valence-corrected chi connectivity index (χ1v) is 7.98. The second kappa shape index (κ2) is 5.90. The summed E-state index contributed by atoms with van der Waals surface area (Å²) in [6.07, 6.45) is 0.616. The minimum Gasteiger partial charge on any atom is -0.508 e. The molecule has 0 aliphatic carbocycles. The summed E-state index contributed by atoms with van der Waals surface area (Å²) in [4.78, 5) is 10.9. The molecule has 1 aliphatic heterocycles. The van der Waals surface area contributed by atoms with Gasteiger partial charge in [-0.25, -0.2) is 0 Å². The predicted molar refractivity (Wildman–Crippen MR) is 77.4 cm³/mol. The number of aromatic hydroxyl groups is 1.